The third-order valence-corrected chi connectivity index (χ3v) is 4.42. The number of rotatable bonds is 4. The lowest BCUT2D eigenvalue weighted by atomic mass is 10.2. The molecule has 0 saturated heterocycles. The average Bonchev–Trinajstić information content (AvgIpc) is 3.32. The number of nitrogens with one attached hydrogen (secondary N) is 1. The summed E-state index contributed by atoms with van der Waals surface area (Å²) in [5.74, 6) is 0.500. The molecule has 0 unspecified atom stereocenters. The van der Waals surface area contributed by atoms with Crippen LogP contribution in [0.4, 0.5) is 5.69 Å². The summed E-state index contributed by atoms with van der Waals surface area (Å²) in [5, 5.41) is 20.5. The van der Waals surface area contributed by atoms with Crippen molar-refractivity contribution in [3.8, 4) is 11.8 Å². The van der Waals surface area contributed by atoms with Gasteiger partial charge in [0.25, 0.3) is 5.69 Å². The molecule has 28 heavy (non-hydrogen) atoms. The normalized spacial score (nSPS) is 11.5. The standard InChI is InChI=1S/C21H15N5O2/c1-14-4-9-19-20(11-14)24-21(23-19)15(13-22)12-18-3-2-10-25(18)16-5-7-17(8-6-16)26(27)28/h2-12H,1H3,(H,23,24)/b15-12+. The van der Waals surface area contributed by atoms with E-state index in [1.54, 1.807) is 18.2 Å². The molecule has 7 heteroatoms. The summed E-state index contributed by atoms with van der Waals surface area (Å²) >= 11 is 0. The minimum atomic E-state index is -0.433. The van der Waals surface area contributed by atoms with E-state index < -0.39 is 4.92 Å². The van der Waals surface area contributed by atoms with Crippen LogP contribution in [0.25, 0.3) is 28.4 Å². The number of hydrogen-bond acceptors (Lipinski definition) is 4. The van der Waals surface area contributed by atoms with Gasteiger partial charge in [0, 0.05) is 29.7 Å². The predicted molar refractivity (Wildman–Crippen MR) is 107 cm³/mol. The van der Waals surface area contributed by atoms with Crippen LogP contribution in [-0.4, -0.2) is 19.5 Å². The van der Waals surface area contributed by atoms with Crippen LogP contribution in [0.15, 0.2) is 60.8 Å². The fourth-order valence-corrected chi connectivity index (χ4v) is 3.03. The van der Waals surface area contributed by atoms with E-state index in [0.717, 1.165) is 28.0 Å². The number of hydrogen-bond donors (Lipinski definition) is 1. The molecule has 4 aromatic rings. The second-order valence-electron chi connectivity index (χ2n) is 6.35. The van der Waals surface area contributed by atoms with Gasteiger partial charge in [0.1, 0.15) is 11.9 Å². The number of aromatic nitrogens is 3. The van der Waals surface area contributed by atoms with E-state index in [9.17, 15) is 15.4 Å². The zero-order valence-electron chi connectivity index (χ0n) is 15.0. The van der Waals surface area contributed by atoms with Crippen LogP contribution in [0, 0.1) is 28.4 Å². The minimum Gasteiger partial charge on any atom is -0.337 e. The lowest BCUT2D eigenvalue weighted by Gasteiger charge is -2.06. The Balaban J connectivity index is 1.74. The zero-order chi connectivity index (χ0) is 19.7. The first-order chi connectivity index (χ1) is 13.5. The number of allylic oxidation sites excluding steroid dienone is 1. The maximum absolute atomic E-state index is 10.8. The number of non-ortho nitro benzene ring substituents is 1. The molecule has 0 aliphatic heterocycles. The molecule has 2 aromatic carbocycles. The highest BCUT2D eigenvalue weighted by atomic mass is 16.6. The summed E-state index contributed by atoms with van der Waals surface area (Å²) in [6, 6.07) is 18.0. The van der Waals surface area contributed by atoms with Gasteiger partial charge in [-0.25, -0.2) is 4.98 Å². The van der Waals surface area contributed by atoms with E-state index in [2.05, 4.69) is 16.0 Å². The number of nitro benzene ring substituents is 1. The molecule has 0 spiro atoms. The van der Waals surface area contributed by atoms with E-state index in [-0.39, 0.29) is 5.69 Å². The van der Waals surface area contributed by atoms with Crippen molar-refractivity contribution in [2.24, 2.45) is 0 Å². The highest BCUT2D eigenvalue weighted by Gasteiger charge is 2.11. The molecule has 1 N–H and O–H groups in total. The average molecular weight is 369 g/mol. The number of nitrogens with zero attached hydrogens (tertiary/aromatic N) is 4. The first kappa shape index (κ1) is 17.2. The van der Waals surface area contributed by atoms with Gasteiger partial charge < -0.3 is 9.55 Å². The number of nitriles is 1. The highest BCUT2D eigenvalue weighted by Crippen LogP contribution is 2.23. The number of H-pyrrole nitrogens is 1. The molecule has 0 saturated carbocycles. The Morgan fingerprint density at radius 2 is 2.04 bits per heavy atom. The van der Waals surface area contributed by atoms with Gasteiger partial charge in [-0.2, -0.15) is 5.26 Å². The molecule has 7 nitrogen and oxygen atoms in total. The monoisotopic (exact) mass is 369 g/mol. The van der Waals surface area contributed by atoms with E-state index in [0.29, 0.717) is 11.4 Å². The van der Waals surface area contributed by atoms with Crippen LogP contribution in [-0.2, 0) is 0 Å². The van der Waals surface area contributed by atoms with E-state index in [4.69, 9.17) is 0 Å². The van der Waals surface area contributed by atoms with E-state index in [1.807, 2.05) is 48.0 Å². The van der Waals surface area contributed by atoms with Crippen LogP contribution in [0.1, 0.15) is 17.1 Å². The van der Waals surface area contributed by atoms with Crippen LogP contribution < -0.4 is 0 Å². The quantitative estimate of drug-likeness (QED) is 0.322. The summed E-state index contributed by atoms with van der Waals surface area (Å²) in [6.07, 6.45) is 3.58. The first-order valence-electron chi connectivity index (χ1n) is 8.56. The van der Waals surface area contributed by atoms with Crippen molar-refractivity contribution in [2.75, 3.05) is 0 Å². The van der Waals surface area contributed by atoms with Gasteiger partial charge in [-0.3, -0.25) is 10.1 Å². The maximum Gasteiger partial charge on any atom is 0.269 e. The van der Waals surface area contributed by atoms with Gasteiger partial charge in [0.05, 0.1) is 21.5 Å². The Morgan fingerprint density at radius 3 is 2.75 bits per heavy atom. The van der Waals surface area contributed by atoms with Crippen LogP contribution >= 0.6 is 0 Å². The van der Waals surface area contributed by atoms with Crippen molar-refractivity contribution in [1.29, 1.82) is 5.26 Å². The lowest BCUT2D eigenvalue weighted by Crippen LogP contribution is -1.96. The van der Waals surface area contributed by atoms with Crippen molar-refractivity contribution in [2.45, 2.75) is 6.92 Å². The molecular weight excluding hydrogens is 354 g/mol. The predicted octanol–water partition coefficient (Wildman–Crippen LogP) is 4.63. The summed E-state index contributed by atoms with van der Waals surface area (Å²) in [5.41, 5.74) is 4.74. The Bertz CT molecular complexity index is 1260. The van der Waals surface area contributed by atoms with Gasteiger partial charge in [0.2, 0.25) is 0 Å². The number of benzene rings is 2. The first-order valence-corrected chi connectivity index (χ1v) is 8.56. The maximum atomic E-state index is 10.8. The number of nitro groups is 1. The van der Waals surface area contributed by atoms with Crippen LogP contribution in [0.2, 0.25) is 0 Å². The molecule has 2 aromatic heterocycles. The minimum absolute atomic E-state index is 0.0308. The van der Waals surface area contributed by atoms with Crippen molar-refractivity contribution >= 4 is 28.4 Å². The number of aromatic amines is 1. The second-order valence-corrected chi connectivity index (χ2v) is 6.35. The Morgan fingerprint density at radius 1 is 1.25 bits per heavy atom. The Hall–Kier alpha value is -4.18. The molecule has 0 aliphatic rings. The van der Waals surface area contributed by atoms with Gasteiger partial charge in [-0.1, -0.05) is 6.07 Å². The molecule has 4 rings (SSSR count). The largest absolute Gasteiger partial charge is 0.337 e. The third kappa shape index (κ3) is 3.15. The Kier molecular flexibility index (Phi) is 4.22. The number of aryl methyl sites for hydroxylation is 1. The molecule has 0 radical (unpaired) electrons. The summed E-state index contributed by atoms with van der Waals surface area (Å²) < 4.78 is 1.86. The van der Waals surface area contributed by atoms with E-state index in [1.165, 1.54) is 12.1 Å². The van der Waals surface area contributed by atoms with Crippen molar-refractivity contribution in [3.05, 3.63) is 88.0 Å². The van der Waals surface area contributed by atoms with Crippen molar-refractivity contribution < 1.29 is 4.92 Å². The van der Waals surface area contributed by atoms with Gasteiger partial charge in [-0.05, 0) is 55.0 Å². The molecule has 136 valence electrons. The molecule has 0 amide bonds. The molecular formula is C21H15N5O2. The van der Waals surface area contributed by atoms with Crippen molar-refractivity contribution in [3.63, 3.8) is 0 Å². The molecule has 0 atom stereocenters. The molecule has 0 fully saturated rings. The lowest BCUT2D eigenvalue weighted by molar-refractivity contribution is -0.384. The highest BCUT2D eigenvalue weighted by molar-refractivity contribution is 5.90. The molecule has 0 aliphatic carbocycles. The van der Waals surface area contributed by atoms with Crippen molar-refractivity contribution in [1.82, 2.24) is 14.5 Å². The second kappa shape index (κ2) is 6.85. The smallest absolute Gasteiger partial charge is 0.269 e. The van der Waals surface area contributed by atoms with Gasteiger partial charge >= 0.3 is 0 Å². The zero-order valence-corrected chi connectivity index (χ0v) is 15.0. The fraction of sp³-hybridized carbons (Fsp3) is 0.0476. The summed E-state index contributed by atoms with van der Waals surface area (Å²) in [4.78, 5) is 18.1. The number of imidazole rings is 1. The topological polar surface area (TPSA) is 101 Å². The summed E-state index contributed by atoms with van der Waals surface area (Å²) in [7, 11) is 0. The van der Waals surface area contributed by atoms with Gasteiger partial charge in [-0.15, -0.1) is 0 Å². The van der Waals surface area contributed by atoms with Gasteiger partial charge in [0.15, 0.2) is 0 Å². The molecule has 0 bridgehead atoms. The van der Waals surface area contributed by atoms with Crippen LogP contribution in [0.3, 0.4) is 0 Å². The summed E-state index contributed by atoms with van der Waals surface area (Å²) in [6.45, 7) is 2.00. The third-order valence-electron chi connectivity index (χ3n) is 4.42. The van der Waals surface area contributed by atoms with Crippen LogP contribution in [0.5, 0.6) is 0 Å². The van der Waals surface area contributed by atoms with E-state index >= 15 is 0 Å². The molecule has 2 heterocycles. The number of fused-ring (bicyclic) bond motifs is 1. The fourth-order valence-electron chi connectivity index (χ4n) is 3.03. The SMILES string of the molecule is Cc1ccc2nc(/C(C#N)=C/c3cccn3-c3ccc([N+](=O)[O-])cc3)[nH]c2c1. The Labute approximate surface area is 160 Å².